The highest BCUT2D eigenvalue weighted by molar-refractivity contribution is 4.83. The number of aromatic nitrogens is 1. The minimum atomic E-state index is 0.797. The van der Waals surface area contributed by atoms with Crippen LogP contribution >= 0.6 is 0 Å². The zero-order valence-corrected chi connectivity index (χ0v) is 6.86. The van der Waals surface area contributed by atoms with E-state index in [1.165, 1.54) is 0 Å². The summed E-state index contributed by atoms with van der Waals surface area (Å²) in [6, 6.07) is 6.05. The molecular formula is C9H14NO+. The summed E-state index contributed by atoms with van der Waals surface area (Å²) in [5.74, 6) is 0. The Morgan fingerprint density at radius 3 is 2.55 bits per heavy atom. The van der Waals surface area contributed by atoms with Crippen molar-refractivity contribution in [2.75, 3.05) is 13.2 Å². The summed E-state index contributed by atoms with van der Waals surface area (Å²) in [6.07, 6.45) is 4.08. The lowest BCUT2D eigenvalue weighted by Crippen LogP contribution is -2.34. The highest BCUT2D eigenvalue weighted by atomic mass is 16.5. The molecule has 0 atom stereocenters. The van der Waals surface area contributed by atoms with E-state index in [0.29, 0.717) is 0 Å². The molecular weight excluding hydrogens is 138 g/mol. The molecule has 0 unspecified atom stereocenters. The average molecular weight is 152 g/mol. The molecule has 1 heterocycles. The molecule has 0 N–H and O–H groups in total. The van der Waals surface area contributed by atoms with E-state index in [1.807, 2.05) is 37.5 Å². The third kappa shape index (κ3) is 3.14. The van der Waals surface area contributed by atoms with Crippen molar-refractivity contribution in [1.82, 2.24) is 0 Å². The number of ether oxygens (including phenoxy) is 1. The Labute approximate surface area is 67.4 Å². The monoisotopic (exact) mass is 152 g/mol. The van der Waals surface area contributed by atoms with Crippen LogP contribution in [0.3, 0.4) is 0 Å². The van der Waals surface area contributed by atoms with Gasteiger partial charge in [-0.25, -0.2) is 4.57 Å². The van der Waals surface area contributed by atoms with Crippen molar-refractivity contribution < 1.29 is 9.30 Å². The van der Waals surface area contributed by atoms with Crippen LogP contribution in [-0.2, 0) is 11.3 Å². The molecule has 0 radical (unpaired) electrons. The Balaban J connectivity index is 2.28. The number of pyridine rings is 1. The van der Waals surface area contributed by atoms with Crippen LogP contribution in [0.5, 0.6) is 0 Å². The van der Waals surface area contributed by atoms with E-state index >= 15 is 0 Å². The predicted octanol–water partition coefficient (Wildman–Crippen LogP) is 1.01. The van der Waals surface area contributed by atoms with Crippen LogP contribution in [0.1, 0.15) is 6.92 Å². The summed E-state index contributed by atoms with van der Waals surface area (Å²) in [5.41, 5.74) is 0. The molecule has 0 spiro atoms. The van der Waals surface area contributed by atoms with Gasteiger partial charge < -0.3 is 4.74 Å². The van der Waals surface area contributed by atoms with Crippen molar-refractivity contribution in [2.24, 2.45) is 0 Å². The summed E-state index contributed by atoms with van der Waals surface area (Å²) < 4.78 is 7.32. The van der Waals surface area contributed by atoms with Crippen LogP contribution in [0.25, 0.3) is 0 Å². The summed E-state index contributed by atoms with van der Waals surface area (Å²) in [5, 5.41) is 0. The van der Waals surface area contributed by atoms with E-state index in [1.54, 1.807) is 0 Å². The number of hydrogen-bond acceptors (Lipinski definition) is 1. The smallest absolute Gasteiger partial charge is 0.171 e. The summed E-state index contributed by atoms with van der Waals surface area (Å²) in [4.78, 5) is 0. The van der Waals surface area contributed by atoms with Crippen LogP contribution in [0.4, 0.5) is 0 Å². The van der Waals surface area contributed by atoms with E-state index in [4.69, 9.17) is 4.74 Å². The molecule has 0 bridgehead atoms. The molecule has 0 saturated carbocycles. The van der Waals surface area contributed by atoms with Gasteiger partial charge in [0.2, 0.25) is 0 Å². The number of hydrogen-bond donors (Lipinski definition) is 0. The molecule has 2 heteroatoms. The lowest BCUT2D eigenvalue weighted by Gasteiger charge is -1.96. The number of nitrogens with zero attached hydrogens (tertiary/aromatic N) is 1. The Morgan fingerprint density at radius 1 is 1.18 bits per heavy atom. The van der Waals surface area contributed by atoms with Gasteiger partial charge in [0.1, 0.15) is 6.61 Å². The zero-order valence-electron chi connectivity index (χ0n) is 6.86. The first kappa shape index (κ1) is 8.21. The largest absolute Gasteiger partial charge is 0.375 e. The third-order valence-electron chi connectivity index (χ3n) is 1.48. The molecule has 11 heavy (non-hydrogen) atoms. The van der Waals surface area contributed by atoms with Gasteiger partial charge >= 0.3 is 0 Å². The molecule has 1 aromatic heterocycles. The second-order valence-corrected chi connectivity index (χ2v) is 2.31. The fourth-order valence-electron chi connectivity index (χ4n) is 0.898. The fourth-order valence-corrected chi connectivity index (χ4v) is 0.898. The molecule has 0 aliphatic rings. The Kier molecular flexibility index (Phi) is 3.62. The standard InChI is InChI=1S/C9H14NO/c1-2-11-9-8-10-6-4-3-5-7-10/h3-7H,2,8-9H2,1H3/q+1. The normalized spacial score (nSPS) is 9.91. The van der Waals surface area contributed by atoms with Gasteiger partial charge in [-0.2, -0.15) is 0 Å². The first-order chi connectivity index (χ1) is 5.43. The molecule has 0 aliphatic carbocycles. The zero-order chi connectivity index (χ0) is 7.94. The SMILES string of the molecule is CCOCC[n+]1ccccc1. The Morgan fingerprint density at radius 2 is 1.91 bits per heavy atom. The molecule has 1 rings (SSSR count). The van der Waals surface area contributed by atoms with Crippen LogP contribution < -0.4 is 4.57 Å². The molecule has 2 nitrogen and oxygen atoms in total. The predicted molar refractivity (Wildman–Crippen MR) is 43.1 cm³/mol. The highest BCUT2D eigenvalue weighted by Gasteiger charge is 1.94. The minimum Gasteiger partial charge on any atom is -0.375 e. The van der Waals surface area contributed by atoms with Crippen molar-refractivity contribution in [1.29, 1.82) is 0 Å². The van der Waals surface area contributed by atoms with Gasteiger partial charge in [0.05, 0.1) is 0 Å². The van der Waals surface area contributed by atoms with Crippen molar-refractivity contribution in [3.05, 3.63) is 30.6 Å². The second-order valence-electron chi connectivity index (χ2n) is 2.31. The number of rotatable bonds is 4. The second kappa shape index (κ2) is 4.85. The first-order valence-electron chi connectivity index (χ1n) is 3.95. The Hall–Kier alpha value is -0.890. The Bertz CT molecular complexity index is 186. The summed E-state index contributed by atoms with van der Waals surface area (Å²) in [7, 11) is 0. The van der Waals surface area contributed by atoms with Gasteiger partial charge in [-0.05, 0) is 6.92 Å². The van der Waals surface area contributed by atoms with Crippen molar-refractivity contribution in [2.45, 2.75) is 13.5 Å². The van der Waals surface area contributed by atoms with E-state index in [0.717, 1.165) is 19.8 Å². The van der Waals surface area contributed by atoms with Gasteiger partial charge in [-0.3, -0.25) is 0 Å². The van der Waals surface area contributed by atoms with Crippen molar-refractivity contribution in [3.63, 3.8) is 0 Å². The lowest BCUT2D eigenvalue weighted by molar-refractivity contribution is -0.698. The lowest BCUT2D eigenvalue weighted by atomic mass is 10.5. The van der Waals surface area contributed by atoms with Crippen molar-refractivity contribution >= 4 is 0 Å². The molecule has 0 aromatic carbocycles. The molecule has 0 saturated heterocycles. The van der Waals surface area contributed by atoms with E-state index in [-0.39, 0.29) is 0 Å². The van der Waals surface area contributed by atoms with Crippen LogP contribution in [-0.4, -0.2) is 13.2 Å². The average Bonchev–Trinajstić information content (AvgIpc) is 2.07. The summed E-state index contributed by atoms with van der Waals surface area (Å²) >= 11 is 0. The molecule has 60 valence electrons. The third-order valence-corrected chi connectivity index (χ3v) is 1.48. The molecule has 0 fully saturated rings. The van der Waals surface area contributed by atoms with Gasteiger partial charge in [-0.15, -0.1) is 0 Å². The van der Waals surface area contributed by atoms with Gasteiger partial charge in [0, 0.05) is 18.7 Å². The van der Waals surface area contributed by atoms with E-state index < -0.39 is 0 Å². The van der Waals surface area contributed by atoms with E-state index in [9.17, 15) is 0 Å². The highest BCUT2D eigenvalue weighted by Crippen LogP contribution is 1.78. The first-order valence-corrected chi connectivity index (χ1v) is 3.95. The van der Waals surface area contributed by atoms with Crippen LogP contribution in [0.2, 0.25) is 0 Å². The fraction of sp³-hybridized carbons (Fsp3) is 0.444. The van der Waals surface area contributed by atoms with Crippen molar-refractivity contribution in [3.8, 4) is 0 Å². The molecule has 0 aliphatic heterocycles. The van der Waals surface area contributed by atoms with Crippen LogP contribution in [0, 0.1) is 0 Å². The summed E-state index contributed by atoms with van der Waals surface area (Å²) in [6.45, 7) is 4.54. The van der Waals surface area contributed by atoms with Gasteiger partial charge in [0.15, 0.2) is 18.9 Å². The van der Waals surface area contributed by atoms with E-state index in [2.05, 4.69) is 4.57 Å². The maximum absolute atomic E-state index is 5.22. The van der Waals surface area contributed by atoms with Gasteiger partial charge in [-0.1, -0.05) is 6.07 Å². The maximum atomic E-state index is 5.22. The quantitative estimate of drug-likeness (QED) is 0.463. The maximum Gasteiger partial charge on any atom is 0.171 e. The molecule has 0 amide bonds. The topological polar surface area (TPSA) is 13.1 Å². The molecule has 1 aromatic rings. The van der Waals surface area contributed by atoms with Crippen LogP contribution in [0.15, 0.2) is 30.6 Å². The van der Waals surface area contributed by atoms with Gasteiger partial charge in [0.25, 0.3) is 0 Å². The minimum absolute atomic E-state index is 0.797.